The molecule has 2 rings (SSSR count). The van der Waals surface area contributed by atoms with E-state index in [-0.39, 0.29) is 39.7 Å². The molecular formula is C16H28ClNO2Pb. The fourth-order valence-corrected chi connectivity index (χ4v) is 3.18. The summed E-state index contributed by atoms with van der Waals surface area (Å²) in [4.78, 5) is 2.17. The van der Waals surface area contributed by atoms with Crippen LogP contribution in [0, 0.1) is 5.92 Å². The fraction of sp³-hybridized carbons (Fsp3) is 0.625. The van der Waals surface area contributed by atoms with Crippen LogP contribution >= 0.6 is 12.4 Å². The molecule has 1 aromatic carbocycles. The van der Waals surface area contributed by atoms with E-state index in [1.807, 2.05) is 24.3 Å². The first-order valence-electron chi connectivity index (χ1n) is 7.08. The fourth-order valence-electron chi connectivity index (χ4n) is 3.18. The van der Waals surface area contributed by atoms with Crippen molar-refractivity contribution in [2.75, 3.05) is 27.7 Å². The summed E-state index contributed by atoms with van der Waals surface area (Å²) in [6, 6.07) is 7.90. The van der Waals surface area contributed by atoms with Crippen molar-refractivity contribution < 1.29 is 9.84 Å². The molecular weight excluding hydrogens is 481 g/mol. The first kappa shape index (κ1) is 21.2. The Morgan fingerprint density at radius 2 is 2.05 bits per heavy atom. The number of halogens is 1. The second-order valence-corrected chi connectivity index (χ2v) is 5.86. The van der Waals surface area contributed by atoms with Gasteiger partial charge in [-0.15, -0.1) is 12.4 Å². The van der Waals surface area contributed by atoms with Crippen LogP contribution in [-0.4, -0.2) is 65.1 Å². The molecule has 1 aliphatic rings. The Kier molecular flexibility index (Phi) is 9.39. The van der Waals surface area contributed by atoms with Gasteiger partial charge in [-0.2, -0.15) is 0 Å². The second-order valence-electron chi connectivity index (χ2n) is 5.86. The number of methoxy groups -OCH3 is 1. The maximum atomic E-state index is 11.2. The van der Waals surface area contributed by atoms with Crippen LogP contribution in [0.4, 0.5) is 0 Å². The molecule has 0 spiro atoms. The standard InChI is InChI=1S/C16H25NO2.ClH.Pb.2H/c1-17(2)12-14-7-4-5-10-16(14,18)13-8-6-9-15(11-13)19-3;;;;/h6,8-9,11,14,18H,4-5,7,10,12H2,1-3H3;1H;;;/t14-,16+;;;;/m1..../s1. The van der Waals surface area contributed by atoms with Crippen molar-refractivity contribution in [2.45, 2.75) is 31.3 Å². The third-order valence-electron chi connectivity index (χ3n) is 4.19. The molecule has 0 saturated heterocycles. The van der Waals surface area contributed by atoms with Gasteiger partial charge < -0.3 is 14.7 Å². The van der Waals surface area contributed by atoms with E-state index in [0.29, 0.717) is 5.92 Å². The van der Waals surface area contributed by atoms with E-state index in [9.17, 15) is 5.11 Å². The SMILES string of the molecule is COc1cccc([C@@]2(O)CCCC[C@@H]2CN(C)C)c1.Cl.[PbH2]. The Morgan fingerprint density at radius 1 is 1.33 bits per heavy atom. The predicted molar refractivity (Wildman–Crippen MR) is 93.2 cm³/mol. The monoisotopic (exact) mass is 509 g/mol. The molecule has 120 valence electrons. The van der Waals surface area contributed by atoms with Crippen molar-refractivity contribution in [3.63, 3.8) is 0 Å². The average Bonchev–Trinajstić information content (AvgIpc) is 2.41. The number of hydrogen-bond donors (Lipinski definition) is 1. The molecule has 1 N–H and O–H groups in total. The molecule has 0 aromatic heterocycles. The van der Waals surface area contributed by atoms with Crippen LogP contribution in [0.25, 0.3) is 0 Å². The number of hydrogen-bond acceptors (Lipinski definition) is 3. The summed E-state index contributed by atoms with van der Waals surface area (Å²) < 4.78 is 5.29. The summed E-state index contributed by atoms with van der Waals surface area (Å²) in [5.74, 6) is 1.11. The van der Waals surface area contributed by atoms with E-state index >= 15 is 0 Å². The van der Waals surface area contributed by atoms with Gasteiger partial charge >= 0.3 is 27.3 Å². The molecule has 1 saturated carbocycles. The average molecular weight is 509 g/mol. The Bertz CT molecular complexity index is 430. The zero-order valence-electron chi connectivity index (χ0n) is 13.3. The quantitative estimate of drug-likeness (QED) is 0.633. The van der Waals surface area contributed by atoms with Gasteiger partial charge in [0.1, 0.15) is 5.75 Å². The van der Waals surface area contributed by atoms with Gasteiger partial charge in [0, 0.05) is 12.5 Å². The normalized spacial score (nSPS) is 24.9. The number of benzene rings is 1. The summed E-state index contributed by atoms with van der Waals surface area (Å²) in [6.45, 7) is 0.924. The van der Waals surface area contributed by atoms with Gasteiger partial charge in [0.2, 0.25) is 0 Å². The van der Waals surface area contributed by atoms with Crippen LogP contribution in [0.5, 0.6) is 5.75 Å². The number of nitrogens with zero attached hydrogens (tertiary/aromatic N) is 1. The van der Waals surface area contributed by atoms with Gasteiger partial charge in [-0.3, -0.25) is 0 Å². The zero-order valence-corrected chi connectivity index (χ0v) is 19.7. The third kappa shape index (κ3) is 5.08. The Labute approximate surface area is 154 Å². The second kappa shape index (κ2) is 9.33. The van der Waals surface area contributed by atoms with Crippen molar-refractivity contribution in [3.8, 4) is 5.75 Å². The number of ether oxygens (including phenoxy) is 1. The molecule has 1 fully saturated rings. The van der Waals surface area contributed by atoms with Crippen molar-refractivity contribution in [2.24, 2.45) is 5.92 Å². The van der Waals surface area contributed by atoms with Crippen LogP contribution in [0.1, 0.15) is 31.2 Å². The summed E-state index contributed by atoms with van der Waals surface area (Å²) in [7, 11) is 5.81. The van der Waals surface area contributed by atoms with Crippen molar-refractivity contribution in [1.29, 1.82) is 0 Å². The summed E-state index contributed by atoms with van der Waals surface area (Å²) >= 11 is 0. The summed E-state index contributed by atoms with van der Waals surface area (Å²) in [5.41, 5.74) is 0.287. The van der Waals surface area contributed by atoms with E-state index in [0.717, 1.165) is 37.1 Å². The molecule has 1 aliphatic carbocycles. The van der Waals surface area contributed by atoms with Gasteiger partial charge in [0.15, 0.2) is 0 Å². The first-order chi connectivity index (χ1) is 9.06. The Hall–Kier alpha value is 0.152. The molecule has 0 heterocycles. The van der Waals surface area contributed by atoms with Gasteiger partial charge in [-0.05, 0) is 44.6 Å². The minimum atomic E-state index is -0.711. The van der Waals surface area contributed by atoms with Crippen molar-refractivity contribution in [3.05, 3.63) is 29.8 Å². The zero-order chi connectivity index (χ0) is 13.9. The van der Waals surface area contributed by atoms with E-state index in [1.165, 1.54) is 6.42 Å². The van der Waals surface area contributed by atoms with Gasteiger partial charge in [-0.1, -0.05) is 25.0 Å². The molecule has 0 bridgehead atoms. The van der Waals surface area contributed by atoms with Crippen LogP contribution in [0.15, 0.2) is 24.3 Å². The molecule has 5 heteroatoms. The van der Waals surface area contributed by atoms with Gasteiger partial charge in [0.05, 0.1) is 12.7 Å². The molecule has 3 nitrogen and oxygen atoms in total. The molecule has 0 amide bonds. The van der Waals surface area contributed by atoms with E-state index < -0.39 is 5.60 Å². The van der Waals surface area contributed by atoms with Crippen LogP contribution in [-0.2, 0) is 5.60 Å². The van der Waals surface area contributed by atoms with Crippen LogP contribution in [0.3, 0.4) is 0 Å². The summed E-state index contributed by atoms with van der Waals surface area (Å²) in [6.07, 6.45) is 4.24. The van der Waals surface area contributed by atoms with Gasteiger partial charge in [0.25, 0.3) is 0 Å². The maximum absolute atomic E-state index is 11.2. The number of rotatable bonds is 4. The van der Waals surface area contributed by atoms with E-state index in [1.54, 1.807) is 7.11 Å². The number of aliphatic hydroxyl groups is 1. The topological polar surface area (TPSA) is 32.7 Å². The van der Waals surface area contributed by atoms with E-state index in [4.69, 9.17) is 4.74 Å². The minimum absolute atomic E-state index is 0. The molecule has 2 atom stereocenters. The molecule has 1 aromatic rings. The molecule has 21 heavy (non-hydrogen) atoms. The Morgan fingerprint density at radius 3 is 2.67 bits per heavy atom. The predicted octanol–water partition coefficient (Wildman–Crippen LogP) is 2.14. The van der Waals surface area contributed by atoms with Crippen LogP contribution in [0.2, 0.25) is 0 Å². The van der Waals surface area contributed by atoms with Crippen molar-refractivity contribution in [1.82, 2.24) is 4.90 Å². The van der Waals surface area contributed by atoms with E-state index in [2.05, 4.69) is 19.0 Å². The molecule has 2 radical (unpaired) electrons. The van der Waals surface area contributed by atoms with Crippen molar-refractivity contribution >= 4 is 39.7 Å². The molecule has 0 unspecified atom stereocenters. The first-order valence-corrected chi connectivity index (χ1v) is 7.08. The Balaban J connectivity index is 0.00000200. The molecule has 0 aliphatic heterocycles. The summed E-state index contributed by atoms with van der Waals surface area (Å²) in [5, 5.41) is 11.2. The third-order valence-corrected chi connectivity index (χ3v) is 4.19. The van der Waals surface area contributed by atoms with Gasteiger partial charge in [-0.25, -0.2) is 0 Å². The van der Waals surface area contributed by atoms with Crippen LogP contribution < -0.4 is 4.74 Å².